The van der Waals surface area contributed by atoms with Gasteiger partial charge in [-0.2, -0.15) is 0 Å². The lowest BCUT2D eigenvalue weighted by molar-refractivity contribution is -0.282. The number of hydrogen-bond donors (Lipinski definition) is 10. The summed E-state index contributed by atoms with van der Waals surface area (Å²) in [4.78, 5) is 13.2. The number of phenols is 2. The second kappa shape index (κ2) is 12.2. The minimum absolute atomic E-state index is 0.0123. The molecule has 0 bridgehead atoms. The average molecular weight is 611 g/mol. The molecular formula is C27H30O16. The van der Waals surface area contributed by atoms with Crippen LogP contribution in [0.25, 0.3) is 22.3 Å². The van der Waals surface area contributed by atoms with Crippen molar-refractivity contribution in [3.63, 3.8) is 0 Å². The topological polar surface area (TPSA) is 269 Å². The van der Waals surface area contributed by atoms with Gasteiger partial charge in [0.15, 0.2) is 16.9 Å². The molecule has 3 heterocycles. The molecule has 2 aliphatic heterocycles. The molecule has 3 aromatic rings. The van der Waals surface area contributed by atoms with Crippen LogP contribution in [0.5, 0.6) is 23.0 Å². The highest BCUT2D eigenvalue weighted by Gasteiger charge is 2.47. The van der Waals surface area contributed by atoms with E-state index < -0.39 is 103 Å². The third-order valence-electron chi connectivity index (χ3n) is 7.24. The molecule has 43 heavy (non-hydrogen) atoms. The monoisotopic (exact) mass is 610 g/mol. The van der Waals surface area contributed by atoms with E-state index in [9.17, 15) is 55.9 Å². The molecule has 2 fully saturated rings. The summed E-state index contributed by atoms with van der Waals surface area (Å²) in [5, 5.41) is 101. The van der Waals surface area contributed by atoms with Gasteiger partial charge in [0.05, 0.1) is 13.2 Å². The molecule has 16 nitrogen and oxygen atoms in total. The minimum Gasteiger partial charge on any atom is -0.508 e. The number of aliphatic hydroxyl groups is 8. The third kappa shape index (κ3) is 5.73. The molecule has 0 radical (unpaired) electrons. The summed E-state index contributed by atoms with van der Waals surface area (Å²) in [6.07, 6.45) is -17.5. The third-order valence-corrected chi connectivity index (χ3v) is 7.24. The lowest BCUT2D eigenvalue weighted by atomic mass is 9.99. The molecular weight excluding hydrogens is 580 g/mol. The number of rotatable bonds is 7. The molecule has 0 amide bonds. The Morgan fingerprint density at radius 1 is 0.698 bits per heavy atom. The maximum absolute atomic E-state index is 13.2. The molecule has 5 rings (SSSR count). The van der Waals surface area contributed by atoms with Crippen molar-refractivity contribution in [3.8, 4) is 34.3 Å². The smallest absolute Gasteiger partial charge is 0.229 e. The van der Waals surface area contributed by atoms with E-state index in [2.05, 4.69) is 0 Å². The maximum Gasteiger partial charge on any atom is 0.229 e. The minimum atomic E-state index is -1.94. The van der Waals surface area contributed by atoms with Gasteiger partial charge in [-0.05, 0) is 24.3 Å². The molecule has 2 saturated heterocycles. The summed E-state index contributed by atoms with van der Waals surface area (Å²) in [5.74, 6) is -2.19. The zero-order chi connectivity index (χ0) is 31.2. The predicted molar refractivity (Wildman–Crippen MR) is 140 cm³/mol. The molecule has 16 heteroatoms. The normalized spacial score (nSPS) is 32.9. The number of benzene rings is 2. The van der Waals surface area contributed by atoms with Crippen LogP contribution in [0.15, 0.2) is 45.6 Å². The van der Waals surface area contributed by atoms with Gasteiger partial charge in [-0.3, -0.25) is 4.79 Å². The number of aliphatic hydroxyl groups excluding tert-OH is 8. The summed E-state index contributed by atoms with van der Waals surface area (Å²) in [7, 11) is 0. The Kier molecular flexibility index (Phi) is 8.77. The standard InChI is InChI=1S/C27H30O16/c28-7-15-18(32)21(35)23(37)26(41-15)40-14-6-13-17(11(31)5-12(39-13)9-1-3-10(30)4-2-9)20(34)25(14)43-27-24(38)22(36)19(33)16(8-29)42-27/h1-6,15-16,18-19,21-24,26-30,32-38H,7-8H2/t15-,16+,18+,19+,21+,22+,23+,24-,26+,27-/m0/s1. The highest BCUT2D eigenvalue weighted by atomic mass is 16.7. The van der Waals surface area contributed by atoms with E-state index >= 15 is 0 Å². The van der Waals surface area contributed by atoms with Crippen LogP contribution >= 0.6 is 0 Å². The molecule has 10 atom stereocenters. The predicted octanol–water partition coefficient (Wildman–Crippen LogP) is -2.77. The van der Waals surface area contributed by atoms with Gasteiger partial charge in [0.25, 0.3) is 0 Å². The van der Waals surface area contributed by atoms with Gasteiger partial charge in [-0.1, -0.05) is 0 Å². The second-order valence-electron chi connectivity index (χ2n) is 10.1. The van der Waals surface area contributed by atoms with Gasteiger partial charge in [0.2, 0.25) is 18.3 Å². The van der Waals surface area contributed by atoms with Crippen molar-refractivity contribution in [2.75, 3.05) is 13.2 Å². The van der Waals surface area contributed by atoms with Gasteiger partial charge in [-0.25, -0.2) is 0 Å². The van der Waals surface area contributed by atoms with E-state index in [0.29, 0.717) is 5.56 Å². The maximum atomic E-state index is 13.2. The van der Waals surface area contributed by atoms with Gasteiger partial charge < -0.3 is 74.4 Å². The van der Waals surface area contributed by atoms with E-state index in [1.54, 1.807) is 0 Å². The van der Waals surface area contributed by atoms with Crippen molar-refractivity contribution in [3.05, 3.63) is 46.6 Å². The van der Waals surface area contributed by atoms with Crippen LogP contribution in [0, 0.1) is 0 Å². The van der Waals surface area contributed by atoms with Crippen molar-refractivity contribution in [2.45, 2.75) is 61.4 Å². The molecule has 1 aromatic heterocycles. The van der Waals surface area contributed by atoms with Crippen molar-refractivity contribution in [1.29, 1.82) is 0 Å². The Labute approximate surface area is 241 Å². The molecule has 234 valence electrons. The van der Waals surface area contributed by atoms with Gasteiger partial charge in [-0.15, -0.1) is 0 Å². The number of ether oxygens (including phenoxy) is 4. The summed E-state index contributed by atoms with van der Waals surface area (Å²) in [6.45, 7) is -1.58. The summed E-state index contributed by atoms with van der Waals surface area (Å²) in [5.41, 5.74) is -0.692. The average Bonchev–Trinajstić information content (AvgIpc) is 2.99. The first-order valence-electron chi connectivity index (χ1n) is 13.0. The van der Waals surface area contributed by atoms with E-state index in [0.717, 1.165) is 12.1 Å². The Balaban J connectivity index is 1.62. The summed E-state index contributed by atoms with van der Waals surface area (Å²) >= 11 is 0. The highest BCUT2D eigenvalue weighted by molar-refractivity contribution is 5.89. The van der Waals surface area contributed by atoms with Crippen molar-refractivity contribution >= 4 is 11.0 Å². The van der Waals surface area contributed by atoms with Crippen LogP contribution < -0.4 is 14.9 Å². The van der Waals surface area contributed by atoms with Crippen molar-refractivity contribution in [2.24, 2.45) is 0 Å². The SMILES string of the molecule is O=c1cc(-c2ccc(O)cc2)oc2cc(O[C@@H]3O[C@@H](CO)[C@@H](O)[C@@H](O)[C@H]3O)c(O[C@@H]3O[C@H](CO)[C@@H](O)[C@@H](O)[C@@H]3O)c(O)c12. The second-order valence-corrected chi connectivity index (χ2v) is 10.1. The fraction of sp³-hybridized carbons (Fsp3) is 0.444. The van der Waals surface area contributed by atoms with Gasteiger partial charge in [0, 0.05) is 17.7 Å². The van der Waals surface area contributed by atoms with E-state index in [1.165, 1.54) is 24.3 Å². The quantitative estimate of drug-likeness (QED) is 0.130. The zero-order valence-electron chi connectivity index (χ0n) is 22.1. The Morgan fingerprint density at radius 3 is 1.77 bits per heavy atom. The number of aromatic hydroxyl groups is 2. The number of hydrogen-bond acceptors (Lipinski definition) is 16. The Hall–Kier alpha value is -3.55. The first-order chi connectivity index (χ1) is 20.4. The molecule has 0 unspecified atom stereocenters. The lowest BCUT2D eigenvalue weighted by Crippen LogP contribution is -2.60. The van der Waals surface area contributed by atoms with E-state index in [1.807, 2.05) is 0 Å². The molecule has 0 spiro atoms. The van der Waals surface area contributed by atoms with Gasteiger partial charge >= 0.3 is 0 Å². The van der Waals surface area contributed by atoms with Gasteiger partial charge in [0.1, 0.15) is 71.3 Å². The van der Waals surface area contributed by atoms with Crippen LogP contribution in [0.1, 0.15) is 0 Å². The molecule has 2 aromatic carbocycles. The number of phenolic OH excluding ortho intramolecular Hbond substituents is 2. The number of fused-ring (bicyclic) bond motifs is 1. The van der Waals surface area contributed by atoms with E-state index in [-0.39, 0.29) is 17.1 Å². The fourth-order valence-corrected chi connectivity index (χ4v) is 4.80. The summed E-state index contributed by atoms with van der Waals surface area (Å²) in [6, 6.07) is 7.71. The molecule has 10 N–H and O–H groups in total. The van der Waals surface area contributed by atoms with Crippen LogP contribution in [0.4, 0.5) is 0 Å². The van der Waals surface area contributed by atoms with Crippen molar-refractivity contribution in [1.82, 2.24) is 0 Å². The van der Waals surface area contributed by atoms with Crippen molar-refractivity contribution < 1.29 is 74.4 Å². The van der Waals surface area contributed by atoms with E-state index in [4.69, 9.17) is 23.4 Å². The van der Waals surface area contributed by atoms with Crippen LogP contribution in [0.2, 0.25) is 0 Å². The van der Waals surface area contributed by atoms with Crippen LogP contribution in [-0.4, -0.2) is 126 Å². The first-order valence-corrected chi connectivity index (χ1v) is 13.0. The fourth-order valence-electron chi connectivity index (χ4n) is 4.80. The summed E-state index contributed by atoms with van der Waals surface area (Å²) < 4.78 is 27.8. The molecule has 2 aliphatic rings. The highest BCUT2D eigenvalue weighted by Crippen LogP contribution is 2.45. The Morgan fingerprint density at radius 2 is 1.23 bits per heavy atom. The molecule has 0 saturated carbocycles. The molecule has 0 aliphatic carbocycles. The Bertz CT molecular complexity index is 1490. The lowest BCUT2D eigenvalue weighted by Gasteiger charge is -2.41. The first kappa shape index (κ1) is 30.9. The van der Waals surface area contributed by atoms with Crippen LogP contribution in [0.3, 0.4) is 0 Å². The van der Waals surface area contributed by atoms with Crippen LogP contribution in [-0.2, 0) is 9.47 Å². The zero-order valence-corrected chi connectivity index (χ0v) is 22.1. The largest absolute Gasteiger partial charge is 0.508 e.